The number of rotatable bonds is 5. The summed E-state index contributed by atoms with van der Waals surface area (Å²) in [6, 6.07) is 5.73. The van der Waals surface area contributed by atoms with Gasteiger partial charge in [-0.25, -0.2) is 0 Å². The lowest BCUT2D eigenvalue weighted by Crippen LogP contribution is -2.29. The molecule has 88 valence electrons. The normalized spacial score (nSPS) is 9.69. The maximum absolute atomic E-state index is 11.2. The van der Waals surface area contributed by atoms with Crippen LogP contribution in [-0.4, -0.2) is 26.1 Å². The topological polar surface area (TPSA) is 50.4 Å². The molecule has 0 bridgehead atoms. The number of methoxy groups -OCH3 is 1. The molecule has 16 heavy (non-hydrogen) atoms. The number of aryl methyl sites for hydroxylation is 1. The first-order chi connectivity index (χ1) is 7.67. The monoisotopic (exact) mass is 222 g/mol. The van der Waals surface area contributed by atoms with E-state index in [1.54, 1.807) is 7.11 Å². The van der Waals surface area contributed by atoms with Crippen LogP contribution in [0.4, 0.5) is 5.69 Å². The summed E-state index contributed by atoms with van der Waals surface area (Å²) in [7, 11) is 1.64. The highest BCUT2D eigenvalue weighted by molar-refractivity contribution is 5.80. The van der Waals surface area contributed by atoms with Gasteiger partial charge in [0, 0.05) is 12.2 Å². The molecule has 0 heterocycles. The van der Waals surface area contributed by atoms with E-state index in [0.717, 1.165) is 17.0 Å². The fourth-order valence-corrected chi connectivity index (χ4v) is 1.43. The van der Waals surface area contributed by atoms with Crippen molar-refractivity contribution in [2.24, 2.45) is 0 Å². The largest absolute Gasteiger partial charge is 0.496 e. The van der Waals surface area contributed by atoms with Crippen LogP contribution in [0.1, 0.15) is 12.5 Å². The first-order valence-corrected chi connectivity index (χ1v) is 5.32. The molecule has 4 heteroatoms. The lowest BCUT2D eigenvalue weighted by molar-refractivity contribution is -0.119. The number of amides is 1. The van der Waals surface area contributed by atoms with E-state index in [-0.39, 0.29) is 5.91 Å². The Morgan fingerprint density at radius 3 is 2.75 bits per heavy atom. The second-order valence-electron chi connectivity index (χ2n) is 3.49. The summed E-state index contributed by atoms with van der Waals surface area (Å²) in [4.78, 5) is 11.2. The molecule has 1 rings (SSSR count). The Kier molecular flexibility index (Phi) is 4.64. The molecule has 0 fully saturated rings. The van der Waals surface area contributed by atoms with Crippen LogP contribution in [0.25, 0.3) is 0 Å². The Morgan fingerprint density at radius 2 is 2.19 bits per heavy atom. The zero-order valence-corrected chi connectivity index (χ0v) is 9.96. The SMILES string of the molecule is CCNC(=O)CNc1ccc(OC)c(C)c1. The lowest BCUT2D eigenvalue weighted by atomic mass is 10.2. The molecule has 0 radical (unpaired) electrons. The van der Waals surface area contributed by atoms with Gasteiger partial charge in [0.2, 0.25) is 5.91 Å². The number of likely N-dealkylation sites (N-methyl/N-ethyl adjacent to an activating group) is 1. The molecular weight excluding hydrogens is 204 g/mol. The second-order valence-corrected chi connectivity index (χ2v) is 3.49. The summed E-state index contributed by atoms with van der Waals surface area (Å²) < 4.78 is 5.16. The van der Waals surface area contributed by atoms with E-state index in [4.69, 9.17) is 4.74 Å². The number of anilines is 1. The number of hydrogen-bond acceptors (Lipinski definition) is 3. The molecule has 0 saturated heterocycles. The molecule has 1 amide bonds. The molecule has 1 aromatic rings. The van der Waals surface area contributed by atoms with Gasteiger partial charge < -0.3 is 15.4 Å². The van der Waals surface area contributed by atoms with E-state index in [1.807, 2.05) is 32.0 Å². The molecule has 0 saturated carbocycles. The number of benzene rings is 1. The van der Waals surface area contributed by atoms with Crippen molar-refractivity contribution in [3.8, 4) is 5.75 Å². The molecule has 0 aromatic heterocycles. The summed E-state index contributed by atoms with van der Waals surface area (Å²) >= 11 is 0. The molecule has 0 aliphatic rings. The van der Waals surface area contributed by atoms with Crippen LogP contribution in [0, 0.1) is 6.92 Å². The van der Waals surface area contributed by atoms with E-state index in [1.165, 1.54) is 0 Å². The summed E-state index contributed by atoms with van der Waals surface area (Å²) in [5.41, 5.74) is 1.97. The number of hydrogen-bond donors (Lipinski definition) is 2. The number of carbonyl (C=O) groups is 1. The van der Waals surface area contributed by atoms with Crippen LogP contribution in [0.5, 0.6) is 5.75 Å². The molecular formula is C12H18N2O2. The Labute approximate surface area is 96.0 Å². The molecule has 0 unspecified atom stereocenters. The smallest absolute Gasteiger partial charge is 0.239 e. The van der Waals surface area contributed by atoms with Crippen LogP contribution < -0.4 is 15.4 Å². The molecule has 2 N–H and O–H groups in total. The molecule has 0 aliphatic carbocycles. The first kappa shape index (κ1) is 12.4. The maximum atomic E-state index is 11.2. The van der Waals surface area contributed by atoms with Gasteiger partial charge in [-0.1, -0.05) is 0 Å². The predicted molar refractivity (Wildman–Crippen MR) is 64.9 cm³/mol. The van der Waals surface area contributed by atoms with Gasteiger partial charge in [-0.05, 0) is 37.6 Å². The maximum Gasteiger partial charge on any atom is 0.239 e. The fraction of sp³-hybridized carbons (Fsp3) is 0.417. The van der Waals surface area contributed by atoms with Gasteiger partial charge in [0.1, 0.15) is 5.75 Å². The van der Waals surface area contributed by atoms with Crippen molar-refractivity contribution in [2.45, 2.75) is 13.8 Å². The molecule has 0 spiro atoms. The van der Waals surface area contributed by atoms with E-state index in [2.05, 4.69) is 10.6 Å². The minimum absolute atomic E-state index is 0.00373. The Morgan fingerprint density at radius 1 is 1.44 bits per heavy atom. The number of carbonyl (C=O) groups excluding carboxylic acids is 1. The van der Waals surface area contributed by atoms with Crippen LogP contribution >= 0.6 is 0 Å². The number of nitrogens with one attached hydrogen (secondary N) is 2. The minimum Gasteiger partial charge on any atom is -0.496 e. The zero-order valence-electron chi connectivity index (χ0n) is 9.96. The van der Waals surface area contributed by atoms with Crippen molar-refractivity contribution in [1.82, 2.24) is 5.32 Å². The van der Waals surface area contributed by atoms with Crippen molar-refractivity contribution < 1.29 is 9.53 Å². The summed E-state index contributed by atoms with van der Waals surface area (Å²) in [6.45, 7) is 4.81. The predicted octanol–water partition coefficient (Wildman–Crippen LogP) is 1.55. The Bertz CT molecular complexity index is 364. The van der Waals surface area contributed by atoms with Gasteiger partial charge in [-0.3, -0.25) is 4.79 Å². The standard InChI is InChI=1S/C12H18N2O2/c1-4-13-12(15)8-14-10-5-6-11(16-3)9(2)7-10/h5-7,14H,4,8H2,1-3H3,(H,13,15). The third-order valence-electron chi connectivity index (χ3n) is 2.22. The van der Waals surface area contributed by atoms with Crippen LogP contribution in [-0.2, 0) is 4.79 Å². The molecule has 1 aromatic carbocycles. The van der Waals surface area contributed by atoms with E-state index in [9.17, 15) is 4.79 Å². The van der Waals surface area contributed by atoms with Crippen molar-refractivity contribution in [3.05, 3.63) is 23.8 Å². The van der Waals surface area contributed by atoms with Gasteiger partial charge >= 0.3 is 0 Å². The highest BCUT2D eigenvalue weighted by atomic mass is 16.5. The number of ether oxygens (including phenoxy) is 1. The fourth-order valence-electron chi connectivity index (χ4n) is 1.43. The second kappa shape index (κ2) is 6.00. The van der Waals surface area contributed by atoms with E-state index >= 15 is 0 Å². The minimum atomic E-state index is -0.00373. The van der Waals surface area contributed by atoms with Crippen molar-refractivity contribution in [1.29, 1.82) is 0 Å². The molecule has 4 nitrogen and oxygen atoms in total. The lowest BCUT2D eigenvalue weighted by Gasteiger charge is -2.09. The first-order valence-electron chi connectivity index (χ1n) is 5.32. The van der Waals surface area contributed by atoms with Crippen LogP contribution in [0.15, 0.2) is 18.2 Å². The highest BCUT2D eigenvalue weighted by Crippen LogP contribution is 2.20. The third-order valence-corrected chi connectivity index (χ3v) is 2.22. The van der Waals surface area contributed by atoms with Gasteiger partial charge in [0.25, 0.3) is 0 Å². The molecule has 0 atom stereocenters. The van der Waals surface area contributed by atoms with E-state index in [0.29, 0.717) is 13.1 Å². The average Bonchev–Trinajstić information content (AvgIpc) is 2.27. The van der Waals surface area contributed by atoms with Gasteiger partial charge in [0.15, 0.2) is 0 Å². The van der Waals surface area contributed by atoms with Crippen LogP contribution in [0.3, 0.4) is 0 Å². The van der Waals surface area contributed by atoms with Crippen molar-refractivity contribution >= 4 is 11.6 Å². The van der Waals surface area contributed by atoms with Gasteiger partial charge in [-0.15, -0.1) is 0 Å². The van der Waals surface area contributed by atoms with Gasteiger partial charge in [-0.2, -0.15) is 0 Å². The summed E-state index contributed by atoms with van der Waals surface area (Å²) in [6.07, 6.45) is 0. The van der Waals surface area contributed by atoms with Crippen LogP contribution in [0.2, 0.25) is 0 Å². The summed E-state index contributed by atoms with van der Waals surface area (Å²) in [5.74, 6) is 0.847. The zero-order chi connectivity index (χ0) is 12.0. The molecule has 0 aliphatic heterocycles. The quantitative estimate of drug-likeness (QED) is 0.794. The van der Waals surface area contributed by atoms with E-state index < -0.39 is 0 Å². The van der Waals surface area contributed by atoms with Crippen molar-refractivity contribution in [3.63, 3.8) is 0 Å². The average molecular weight is 222 g/mol. The van der Waals surface area contributed by atoms with Gasteiger partial charge in [0.05, 0.1) is 13.7 Å². The third kappa shape index (κ3) is 3.46. The Balaban J connectivity index is 2.55. The van der Waals surface area contributed by atoms with Crippen molar-refractivity contribution in [2.75, 3.05) is 25.5 Å². The highest BCUT2D eigenvalue weighted by Gasteiger charge is 2.01. The summed E-state index contributed by atoms with van der Waals surface area (Å²) in [5, 5.41) is 5.78. The Hall–Kier alpha value is -1.71.